The standard InChI is InChI=1S/C16H22F2N2O3/c1-4-23-16(22)20-12(7-10(2)3)9-19-15(21)13-6-5-11(17)8-14(13)18/h5-6,8,10,12H,4,7,9H2,1-3H3,(H,19,21)(H,20,22). The molecule has 1 atom stereocenters. The fourth-order valence-electron chi connectivity index (χ4n) is 2.09. The fraction of sp³-hybridized carbons (Fsp3) is 0.500. The summed E-state index contributed by atoms with van der Waals surface area (Å²) in [6.07, 6.45) is 0.0470. The van der Waals surface area contributed by atoms with Crippen LogP contribution in [-0.4, -0.2) is 31.2 Å². The van der Waals surface area contributed by atoms with Crippen molar-refractivity contribution < 1.29 is 23.1 Å². The first-order valence-corrected chi connectivity index (χ1v) is 7.50. The summed E-state index contributed by atoms with van der Waals surface area (Å²) in [6, 6.07) is 2.40. The first kappa shape index (κ1) is 18.9. The molecule has 5 nitrogen and oxygen atoms in total. The Labute approximate surface area is 134 Å². The van der Waals surface area contributed by atoms with E-state index in [-0.39, 0.29) is 30.7 Å². The van der Waals surface area contributed by atoms with E-state index in [0.717, 1.165) is 12.1 Å². The lowest BCUT2D eigenvalue weighted by atomic mass is 10.0. The quantitative estimate of drug-likeness (QED) is 0.809. The van der Waals surface area contributed by atoms with E-state index in [0.29, 0.717) is 12.5 Å². The van der Waals surface area contributed by atoms with Gasteiger partial charge in [0.05, 0.1) is 12.2 Å². The number of rotatable bonds is 7. The van der Waals surface area contributed by atoms with E-state index in [1.165, 1.54) is 0 Å². The van der Waals surface area contributed by atoms with Crippen LogP contribution in [0, 0.1) is 17.6 Å². The molecular formula is C16H22F2N2O3. The van der Waals surface area contributed by atoms with Crippen molar-refractivity contribution in [1.29, 1.82) is 0 Å². The molecule has 1 rings (SSSR count). The second-order valence-corrected chi connectivity index (χ2v) is 5.53. The normalized spacial score (nSPS) is 11.9. The third-order valence-corrected chi connectivity index (χ3v) is 3.04. The molecule has 0 saturated heterocycles. The molecule has 2 amide bonds. The summed E-state index contributed by atoms with van der Waals surface area (Å²) < 4.78 is 31.2. The fourth-order valence-corrected chi connectivity index (χ4v) is 2.09. The van der Waals surface area contributed by atoms with Gasteiger partial charge in [-0.1, -0.05) is 13.8 Å². The molecule has 0 aliphatic heterocycles. The zero-order chi connectivity index (χ0) is 17.4. The van der Waals surface area contributed by atoms with Gasteiger partial charge in [0.15, 0.2) is 0 Å². The number of hydrogen-bond donors (Lipinski definition) is 2. The van der Waals surface area contributed by atoms with Gasteiger partial charge in [-0.2, -0.15) is 0 Å². The lowest BCUT2D eigenvalue weighted by Crippen LogP contribution is -2.44. The predicted molar refractivity (Wildman–Crippen MR) is 82.1 cm³/mol. The second-order valence-electron chi connectivity index (χ2n) is 5.53. The number of alkyl carbamates (subject to hydrolysis) is 1. The molecule has 0 aromatic heterocycles. The summed E-state index contributed by atoms with van der Waals surface area (Å²) in [6.45, 7) is 6.00. The van der Waals surface area contributed by atoms with Gasteiger partial charge in [-0.05, 0) is 31.4 Å². The number of nitrogens with one attached hydrogen (secondary N) is 2. The largest absolute Gasteiger partial charge is 0.450 e. The SMILES string of the molecule is CCOC(=O)NC(CNC(=O)c1ccc(F)cc1F)CC(C)C. The molecule has 0 radical (unpaired) electrons. The average Bonchev–Trinajstić information content (AvgIpc) is 2.44. The molecule has 7 heteroatoms. The Balaban J connectivity index is 2.65. The van der Waals surface area contributed by atoms with E-state index in [1.807, 2.05) is 13.8 Å². The van der Waals surface area contributed by atoms with Crippen molar-refractivity contribution in [3.05, 3.63) is 35.4 Å². The van der Waals surface area contributed by atoms with Gasteiger partial charge >= 0.3 is 6.09 Å². The second kappa shape index (κ2) is 9.07. The van der Waals surface area contributed by atoms with Crippen LogP contribution < -0.4 is 10.6 Å². The first-order valence-electron chi connectivity index (χ1n) is 7.50. The van der Waals surface area contributed by atoms with Gasteiger partial charge in [0.25, 0.3) is 5.91 Å². The Hall–Kier alpha value is -2.18. The van der Waals surface area contributed by atoms with Crippen molar-refractivity contribution in [2.24, 2.45) is 5.92 Å². The highest BCUT2D eigenvalue weighted by molar-refractivity contribution is 5.94. The van der Waals surface area contributed by atoms with E-state index in [1.54, 1.807) is 6.92 Å². The molecule has 1 aromatic rings. The van der Waals surface area contributed by atoms with Crippen LogP contribution in [0.4, 0.5) is 13.6 Å². The maximum Gasteiger partial charge on any atom is 0.407 e. The van der Waals surface area contributed by atoms with E-state index in [4.69, 9.17) is 4.74 Å². The van der Waals surface area contributed by atoms with Gasteiger partial charge in [0.2, 0.25) is 0 Å². The molecule has 0 aliphatic rings. The summed E-state index contributed by atoms with van der Waals surface area (Å²) in [4.78, 5) is 23.5. The van der Waals surface area contributed by atoms with E-state index < -0.39 is 23.6 Å². The molecule has 0 bridgehead atoms. The average molecular weight is 328 g/mol. The summed E-state index contributed by atoms with van der Waals surface area (Å²) in [5, 5.41) is 5.19. The van der Waals surface area contributed by atoms with Crippen molar-refractivity contribution >= 4 is 12.0 Å². The minimum Gasteiger partial charge on any atom is -0.450 e. The number of carbonyl (C=O) groups excluding carboxylic acids is 2. The van der Waals surface area contributed by atoms with Gasteiger partial charge in [-0.15, -0.1) is 0 Å². The monoisotopic (exact) mass is 328 g/mol. The minimum atomic E-state index is -0.929. The van der Waals surface area contributed by atoms with Crippen LogP contribution >= 0.6 is 0 Å². The van der Waals surface area contributed by atoms with Gasteiger partial charge < -0.3 is 15.4 Å². The van der Waals surface area contributed by atoms with Gasteiger partial charge in [-0.3, -0.25) is 4.79 Å². The third-order valence-electron chi connectivity index (χ3n) is 3.04. The zero-order valence-electron chi connectivity index (χ0n) is 13.5. The Morgan fingerprint density at radius 3 is 2.52 bits per heavy atom. The Kier molecular flexibility index (Phi) is 7.44. The van der Waals surface area contributed by atoms with Crippen LogP contribution in [0.1, 0.15) is 37.6 Å². The maximum atomic E-state index is 13.6. The zero-order valence-corrected chi connectivity index (χ0v) is 13.5. The lowest BCUT2D eigenvalue weighted by Gasteiger charge is -2.20. The van der Waals surface area contributed by atoms with E-state index in [9.17, 15) is 18.4 Å². The smallest absolute Gasteiger partial charge is 0.407 e. The topological polar surface area (TPSA) is 67.4 Å². The Morgan fingerprint density at radius 2 is 1.96 bits per heavy atom. The predicted octanol–water partition coefficient (Wildman–Crippen LogP) is 2.86. The molecule has 0 fully saturated rings. The molecule has 1 unspecified atom stereocenters. The van der Waals surface area contributed by atoms with Crippen LogP contribution in [-0.2, 0) is 4.74 Å². The number of benzene rings is 1. The number of ether oxygens (including phenoxy) is 1. The molecule has 0 aliphatic carbocycles. The molecule has 1 aromatic carbocycles. The van der Waals surface area contributed by atoms with Crippen molar-refractivity contribution in [3.63, 3.8) is 0 Å². The molecule has 23 heavy (non-hydrogen) atoms. The van der Waals surface area contributed by atoms with Crippen molar-refractivity contribution in [2.45, 2.75) is 33.2 Å². The number of carbonyl (C=O) groups is 2. The summed E-state index contributed by atoms with van der Waals surface area (Å²) in [5.74, 6) is -2.06. The summed E-state index contributed by atoms with van der Waals surface area (Å²) >= 11 is 0. The number of amides is 2. The molecule has 0 spiro atoms. The number of hydrogen-bond acceptors (Lipinski definition) is 3. The van der Waals surface area contributed by atoms with Crippen LogP contribution in [0.25, 0.3) is 0 Å². The van der Waals surface area contributed by atoms with Crippen LogP contribution in [0.5, 0.6) is 0 Å². The Bertz CT molecular complexity index is 550. The van der Waals surface area contributed by atoms with Gasteiger partial charge in [-0.25, -0.2) is 13.6 Å². The van der Waals surface area contributed by atoms with Crippen molar-refractivity contribution in [2.75, 3.05) is 13.2 Å². The molecule has 0 saturated carbocycles. The molecule has 2 N–H and O–H groups in total. The van der Waals surface area contributed by atoms with Crippen molar-refractivity contribution in [1.82, 2.24) is 10.6 Å². The number of halogens is 2. The highest BCUT2D eigenvalue weighted by Gasteiger charge is 2.18. The minimum absolute atomic E-state index is 0.118. The Morgan fingerprint density at radius 1 is 1.26 bits per heavy atom. The van der Waals surface area contributed by atoms with Crippen LogP contribution in [0.3, 0.4) is 0 Å². The van der Waals surface area contributed by atoms with Gasteiger partial charge in [0.1, 0.15) is 11.6 Å². The lowest BCUT2D eigenvalue weighted by molar-refractivity contribution is 0.0940. The highest BCUT2D eigenvalue weighted by atomic mass is 19.1. The first-order chi connectivity index (χ1) is 10.8. The summed E-state index contributed by atoms with van der Waals surface area (Å²) in [5.41, 5.74) is -0.245. The maximum absolute atomic E-state index is 13.6. The molecule has 0 heterocycles. The van der Waals surface area contributed by atoms with Gasteiger partial charge in [0, 0.05) is 18.7 Å². The molecule has 128 valence electrons. The van der Waals surface area contributed by atoms with E-state index in [2.05, 4.69) is 10.6 Å². The van der Waals surface area contributed by atoms with Crippen molar-refractivity contribution in [3.8, 4) is 0 Å². The third kappa shape index (κ3) is 6.63. The summed E-state index contributed by atoms with van der Waals surface area (Å²) in [7, 11) is 0. The van der Waals surface area contributed by atoms with E-state index >= 15 is 0 Å². The van der Waals surface area contributed by atoms with Crippen LogP contribution in [0.2, 0.25) is 0 Å². The molecular weight excluding hydrogens is 306 g/mol. The van der Waals surface area contributed by atoms with Crippen LogP contribution in [0.15, 0.2) is 18.2 Å². The highest BCUT2D eigenvalue weighted by Crippen LogP contribution is 2.10.